The van der Waals surface area contributed by atoms with Crippen LogP contribution in [-0.2, 0) is 6.54 Å². The molecule has 20 heavy (non-hydrogen) atoms. The number of Topliss-reactive ketones (excluding diaryl/α,β-unsaturated/α-hetero) is 1. The predicted molar refractivity (Wildman–Crippen MR) is 73.9 cm³/mol. The van der Waals surface area contributed by atoms with Gasteiger partial charge in [-0.25, -0.2) is 9.78 Å². The number of ketones is 1. The van der Waals surface area contributed by atoms with Crippen LogP contribution in [0.15, 0.2) is 30.7 Å². The third kappa shape index (κ3) is 4.01. The molecule has 0 aliphatic heterocycles. The van der Waals surface area contributed by atoms with Gasteiger partial charge in [-0.3, -0.25) is 9.48 Å². The van der Waals surface area contributed by atoms with Gasteiger partial charge < -0.3 is 5.11 Å². The summed E-state index contributed by atoms with van der Waals surface area (Å²) in [6, 6.07) is 3.11. The molecule has 0 unspecified atom stereocenters. The van der Waals surface area contributed by atoms with Crippen LogP contribution in [0, 0.1) is 0 Å². The topological polar surface area (TPSA) is 85.1 Å². The van der Waals surface area contributed by atoms with E-state index >= 15 is 0 Å². The molecule has 6 heteroatoms. The number of pyridine rings is 1. The van der Waals surface area contributed by atoms with Gasteiger partial charge in [-0.1, -0.05) is 19.9 Å². The molecular weight excluding hydrogens is 258 g/mol. The molecule has 2 rings (SSSR count). The molecule has 2 heterocycles. The highest BCUT2D eigenvalue weighted by Crippen LogP contribution is 2.05. The van der Waals surface area contributed by atoms with Crippen LogP contribution in [0.2, 0.25) is 0 Å². The molecule has 2 aromatic heterocycles. The number of carboxylic acid groups (broad SMARTS) is 1. The van der Waals surface area contributed by atoms with Gasteiger partial charge in [-0.15, -0.1) is 0 Å². The lowest BCUT2D eigenvalue weighted by Crippen LogP contribution is -2.04. The minimum atomic E-state index is -1.06. The normalized spacial score (nSPS) is 9.55. The molecule has 6 nitrogen and oxygen atoms in total. The van der Waals surface area contributed by atoms with E-state index in [0.29, 0.717) is 12.1 Å². The highest BCUT2D eigenvalue weighted by Gasteiger charge is 2.06. The van der Waals surface area contributed by atoms with Crippen LogP contribution >= 0.6 is 0 Å². The molecule has 0 bridgehead atoms. The van der Waals surface area contributed by atoms with E-state index in [9.17, 15) is 9.59 Å². The first-order valence-corrected chi connectivity index (χ1v) is 6.28. The summed E-state index contributed by atoms with van der Waals surface area (Å²) >= 11 is 0. The zero-order chi connectivity index (χ0) is 15.1. The number of carboxylic acids is 1. The lowest BCUT2D eigenvalue weighted by atomic mass is 10.2. The average Bonchev–Trinajstić information content (AvgIpc) is 2.90. The third-order valence-corrected chi connectivity index (χ3v) is 2.43. The molecular formula is C14H17N3O3. The van der Waals surface area contributed by atoms with E-state index in [1.807, 2.05) is 13.8 Å². The van der Waals surface area contributed by atoms with Gasteiger partial charge in [0.1, 0.15) is 5.69 Å². The molecule has 0 aliphatic carbocycles. The van der Waals surface area contributed by atoms with Crippen molar-refractivity contribution in [3.8, 4) is 0 Å². The van der Waals surface area contributed by atoms with Crippen LogP contribution in [0.1, 0.15) is 47.2 Å². The number of carbonyl (C=O) groups is 2. The quantitative estimate of drug-likeness (QED) is 0.865. The molecule has 2 aromatic rings. The number of nitrogens with zero attached hydrogens (tertiary/aromatic N) is 3. The maximum atomic E-state index is 11.1. The lowest BCUT2D eigenvalue weighted by molar-refractivity contribution is 0.0690. The molecule has 1 N–H and O–H groups in total. The Balaban J connectivity index is 0.000000956. The van der Waals surface area contributed by atoms with Crippen molar-refractivity contribution >= 4 is 11.8 Å². The van der Waals surface area contributed by atoms with Gasteiger partial charge in [0.05, 0.1) is 18.3 Å². The first kappa shape index (κ1) is 15.6. The summed E-state index contributed by atoms with van der Waals surface area (Å²) in [6.07, 6.45) is 4.63. The van der Waals surface area contributed by atoms with Gasteiger partial charge >= 0.3 is 5.97 Å². The minimum Gasteiger partial charge on any atom is -0.477 e. The van der Waals surface area contributed by atoms with E-state index < -0.39 is 5.97 Å². The minimum absolute atomic E-state index is 0.00337. The Morgan fingerprint density at radius 2 is 1.95 bits per heavy atom. The largest absolute Gasteiger partial charge is 0.477 e. The maximum absolute atomic E-state index is 11.1. The number of carbonyl (C=O) groups excluding carboxylic acids is 1. The molecule has 0 saturated heterocycles. The zero-order valence-corrected chi connectivity index (χ0v) is 11.7. The van der Waals surface area contributed by atoms with Crippen LogP contribution in [0.3, 0.4) is 0 Å². The van der Waals surface area contributed by atoms with Crippen molar-refractivity contribution in [3.05, 3.63) is 47.5 Å². The monoisotopic (exact) mass is 275 g/mol. The standard InChI is InChI=1S/C12H11N3O3.C2H6/c1-8(16)10-5-14-15(7-10)6-9-2-3-11(12(17)18)13-4-9;1-2/h2-5,7H,6H2,1H3,(H,17,18);1-2H3. The van der Waals surface area contributed by atoms with E-state index in [1.165, 1.54) is 25.4 Å². The van der Waals surface area contributed by atoms with Crippen molar-refractivity contribution in [2.75, 3.05) is 0 Å². The second-order valence-corrected chi connectivity index (χ2v) is 3.84. The fourth-order valence-electron chi connectivity index (χ4n) is 1.46. The summed E-state index contributed by atoms with van der Waals surface area (Å²) in [4.78, 5) is 25.5. The maximum Gasteiger partial charge on any atom is 0.354 e. The van der Waals surface area contributed by atoms with Gasteiger partial charge in [-0.05, 0) is 18.6 Å². The number of rotatable bonds is 4. The van der Waals surface area contributed by atoms with Gasteiger partial charge in [0.15, 0.2) is 5.78 Å². The van der Waals surface area contributed by atoms with Crippen molar-refractivity contribution in [3.63, 3.8) is 0 Å². The van der Waals surface area contributed by atoms with Gasteiger partial charge in [0, 0.05) is 12.4 Å². The van der Waals surface area contributed by atoms with Crippen molar-refractivity contribution in [1.82, 2.24) is 14.8 Å². The van der Waals surface area contributed by atoms with Crippen LogP contribution in [0.5, 0.6) is 0 Å². The molecule has 0 radical (unpaired) electrons. The summed E-state index contributed by atoms with van der Waals surface area (Å²) < 4.78 is 1.61. The van der Waals surface area contributed by atoms with Crippen LogP contribution in [0.4, 0.5) is 0 Å². The Hall–Kier alpha value is -2.50. The fraction of sp³-hybridized carbons (Fsp3) is 0.286. The van der Waals surface area contributed by atoms with Gasteiger partial charge in [0.25, 0.3) is 0 Å². The Labute approximate surface area is 117 Å². The zero-order valence-electron chi connectivity index (χ0n) is 11.7. The molecule has 0 atom stereocenters. The highest BCUT2D eigenvalue weighted by atomic mass is 16.4. The highest BCUT2D eigenvalue weighted by molar-refractivity contribution is 5.93. The Morgan fingerprint density at radius 3 is 2.40 bits per heavy atom. The molecule has 0 spiro atoms. The molecule has 0 aliphatic rings. The molecule has 0 saturated carbocycles. The van der Waals surface area contributed by atoms with Crippen molar-refractivity contribution < 1.29 is 14.7 Å². The van der Waals surface area contributed by atoms with Gasteiger partial charge in [0.2, 0.25) is 0 Å². The second kappa shape index (κ2) is 7.18. The lowest BCUT2D eigenvalue weighted by Gasteiger charge is -2.01. The first-order valence-electron chi connectivity index (χ1n) is 6.28. The summed E-state index contributed by atoms with van der Waals surface area (Å²) in [5.41, 5.74) is 1.37. The molecule has 0 amide bonds. The van der Waals surface area contributed by atoms with Crippen LogP contribution < -0.4 is 0 Å². The van der Waals surface area contributed by atoms with E-state index in [4.69, 9.17) is 5.11 Å². The van der Waals surface area contributed by atoms with Crippen LogP contribution in [-0.4, -0.2) is 31.6 Å². The van der Waals surface area contributed by atoms with E-state index in [0.717, 1.165) is 5.56 Å². The Bertz CT molecular complexity index is 588. The van der Waals surface area contributed by atoms with Crippen molar-refractivity contribution in [2.45, 2.75) is 27.3 Å². The number of hydrogen-bond acceptors (Lipinski definition) is 4. The second-order valence-electron chi connectivity index (χ2n) is 3.84. The SMILES string of the molecule is CC.CC(=O)c1cnn(Cc2ccc(C(=O)O)nc2)c1. The van der Waals surface area contributed by atoms with E-state index in [1.54, 1.807) is 16.9 Å². The fourth-order valence-corrected chi connectivity index (χ4v) is 1.46. The Morgan fingerprint density at radius 1 is 1.25 bits per heavy atom. The summed E-state index contributed by atoms with van der Waals surface area (Å²) in [7, 11) is 0. The molecule has 0 fully saturated rings. The Kier molecular flexibility index (Phi) is 5.58. The summed E-state index contributed by atoms with van der Waals surface area (Å²) in [5, 5.41) is 12.8. The number of aromatic nitrogens is 3. The van der Waals surface area contributed by atoms with Crippen LogP contribution in [0.25, 0.3) is 0 Å². The van der Waals surface area contributed by atoms with E-state index in [-0.39, 0.29) is 11.5 Å². The van der Waals surface area contributed by atoms with E-state index in [2.05, 4.69) is 10.1 Å². The number of aromatic carboxylic acids is 1. The van der Waals surface area contributed by atoms with Gasteiger partial charge in [-0.2, -0.15) is 5.10 Å². The smallest absolute Gasteiger partial charge is 0.354 e. The predicted octanol–water partition coefficient (Wildman–Crippen LogP) is 2.25. The van der Waals surface area contributed by atoms with Crippen molar-refractivity contribution in [1.29, 1.82) is 0 Å². The third-order valence-electron chi connectivity index (χ3n) is 2.43. The number of hydrogen-bond donors (Lipinski definition) is 1. The summed E-state index contributed by atoms with van der Waals surface area (Å²) in [6.45, 7) is 5.92. The molecule has 106 valence electrons. The average molecular weight is 275 g/mol. The molecule has 0 aromatic carbocycles. The van der Waals surface area contributed by atoms with Crippen molar-refractivity contribution in [2.24, 2.45) is 0 Å². The first-order chi connectivity index (χ1) is 9.56. The summed E-state index contributed by atoms with van der Waals surface area (Å²) in [5.74, 6) is -1.10.